The first kappa shape index (κ1) is 28.1. The van der Waals surface area contributed by atoms with E-state index in [2.05, 4.69) is 10.6 Å². The molecule has 2 aromatic carbocycles. The Bertz CT molecular complexity index is 1160. The summed E-state index contributed by atoms with van der Waals surface area (Å²) in [6.07, 6.45) is -4.22. The predicted octanol–water partition coefficient (Wildman–Crippen LogP) is 5.24. The van der Waals surface area contributed by atoms with Crippen molar-refractivity contribution in [3.05, 3.63) is 70.5 Å². The molecule has 37 heavy (non-hydrogen) atoms. The van der Waals surface area contributed by atoms with Gasteiger partial charge in [0.1, 0.15) is 11.4 Å². The molecule has 0 saturated heterocycles. The Morgan fingerprint density at radius 1 is 0.892 bits per heavy atom. The molecule has 0 aromatic heterocycles. The van der Waals surface area contributed by atoms with Gasteiger partial charge in [0.25, 0.3) is 11.8 Å². The molecule has 1 atom stereocenters. The summed E-state index contributed by atoms with van der Waals surface area (Å²) in [4.78, 5) is 40.2. The van der Waals surface area contributed by atoms with Gasteiger partial charge in [0, 0.05) is 23.2 Å². The van der Waals surface area contributed by atoms with Crippen molar-refractivity contribution in [3.8, 4) is 0 Å². The molecule has 0 aliphatic heterocycles. The van der Waals surface area contributed by atoms with E-state index in [9.17, 15) is 31.9 Å². The van der Waals surface area contributed by atoms with Gasteiger partial charge < -0.3 is 15.5 Å². The molecule has 2 N–H and O–H groups in total. The zero-order valence-electron chi connectivity index (χ0n) is 21.4. The van der Waals surface area contributed by atoms with Crippen molar-refractivity contribution in [1.82, 2.24) is 15.5 Å². The monoisotopic (exact) mass is 521 g/mol. The second-order valence-electron chi connectivity index (χ2n) is 9.98. The largest absolute Gasteiger partial charge is 0.416 e. The normalized spacial score (nSPS) is 15.3. The Morgan fingerprint density at radius 3 is 1.95 bits per heavy atom. The van der Waals surface area contributed by atoms with E-state index in [0.717, 1.165) is 5.56 Å². The van der Waals surface area contributed by atoms with Crippen LogP contribution in [-0.4, -0.2) is 40.2 Å². The number of nitrogens with one attached hydrogen (secondary N) is 2. The minimum atomic E-state index is -4.82. The van der Waals surface area contributed by atoms with E-state index in [0.29, 0.717) is 36.6 Å². The molecule has 3 amide bonds. The fourth-order valence-electron chi connectivity index (χ4n) is 4.25. The average Bonchev–Trinajstić information content (AvgIpc) is 3.58. The van der Waals surface area contributed by atoms with Crippen LogP contribution in [0.1, 0.15) is 85.3 Å². The van der Waals surface area contributed by atoms with Gasteiger partial charge in [0.05, 0.1) is 11.6 Å². The van der Waals surface area contributed by atoms with Crippen LogP contribution in [0.15, 0.2) is 42.5 Å². The molecule has 200 valence electrons. The van der Waals surface area contributed by atoms with Crippen LogP contribution in [0, 0.1) is 5.82 Å². The highest BCUT2D eigenvalue weighted by Gasteiger charge is 2.51. The molecule has 1 aliphatic rings. The lowest BCUT2D eigenvalue weighted by Crippen LogP contribution is -2.49. The average molecular weight is 522 g/mol. The van der Waals surface area contributed by atoms with E-state index < -0.39 is 46.5 Å². The number of nitrogens with zero attached hydrogens (tertiary/aromatic N) is 1. The summed E-state index contributed by atoms with van der Waals surface area (Å²) in [5.41, 5.74) is -1.83. The summed E-state index contributed by atoms with van der Waals surface area (Å²) in [5, 5.41) is 5.28. The van der Waals surface area contributed by atoms with Gasteiger partial charge in [0.15, 0.2) is 0 Å². The van der Waals surface area contributed by atoms with Crippen molar-refractivity contribution in [2.45, 2.75) is 77.3 Å². The predicted molar refractivity (Wildman–Crippen MR) is 130 cm³/mol. The molecule has 1 unspecified atom stereocenters. The zero-order chi connectivity index (χ0) is 27.7. The summed E-state index contributed by atoms with van der Waals surface area (Å²) in [5.74, 6) is -2.76. The van der Waals surface area contributed by atoms with E-state index in [1.807, 2.05) is 27.7 Å². The molecular formula is C27H31F4N3O3. The number of hydrogen-bond donors (Lipinski definition) is 2. The summed E-state index contributed by atoms with van der Waals surface area (Å²) in [6, 6.07) is 8.00. The van der Waals surface area contributed by atoms with Crippen LogP contribution in [-0.2, 0) is 11.0 Å². The smallest absolute Gasteiger partial charge is 0.348 e. The highest BCUT2D eigenvalue weighted by molar-refractivity contribution is 6.01. The lowest BCUT2D eigenvalue weighted by atomic mass is 10.0. The molecule has 10 heteroatoms. The molecule has 0 heterocycles. The second kappa shape index (κ2) is 10.5. The van der Waals surface area contributed by atoms with Crippen molar-refractivity contribution < 1.29 is 31.9 Å². The summed E-state index contributed by atoms with van der Waals surface area (Å²) in [6.45, 7) is 9.52. The quantitative estimate of drug-likeness (QED) is 0.466. The third-order valence-corrected chi connectivity index (χ3v) is 6.38. The van der Waals surface area contributed by atoms with E-state index in [-0.39, 0.29) is 18.0 Å². The van der Waals surface area contributed by atoms with Crippen LogP contribution >= 0.6 is 0 Å². The number of amides is 3. The first-order chi connectivity index (χ1) is 17.1. The van der Waals surface area contributed by atoms with Gasteiger partial charge in [-0.25, -0.2) is 4.39 Å². The van der Waals surface area contributed by atoms with E-state index in [1.165, 1.54) is 0 Å². The highest BCUT2D eigenvalue weighted by atomic mass is 19.4. The van der Waals surface area contributed by atoms with Crippen molar-refractivity contribution in [3.63, 3.8) is 0 Å². The Morgan fingerprint density at radius 2 is 1.46 bits per heavy atom. The fourth-order valence-corrected chi connectivity index (χ4v) is 4.25. The highest BCUT2D eigenvalue weighted by Crippen LogP contribution is 2.37. The fraction of sp³-hybridized carbons (Fsp3) is 0.444. The lowest BCUT2D eigenvalue weighted by Gasteiger charge is -2.31. The van der Waals surface area contributed by atoms with Crippen LogP contribution < -0.4 is 10.6 Å². The van der Waals surface area contributed by atoms with E-state index >= 15 is 0 Å². The number of hydrogen-bond acceptors (Lipinski definition) is 3. The molecule has 0 bridgehead atoms. The molecule has 1 saturated carbocycles. The standard InChI is InChI=1S/C27H31F4N3O3/c1-15(2)34(16(3)4)24(36)19-8-6-18(7-9-19)17(5)32-25(37)26(10-11-26)33-23(35)20-12-21(27(29,30)31)14-22(28)13-20/h6-9,12-17H,10-11H2,1-5H3,(H,32,37)(H,33,35). The van der Waals surface area contributed by atoms with Crippen LogP contribution in [0.2, 0.25) is 0 Å². The van der Waals surface area contributed by atoms with Crippen molar-refractivity contribution in [1.29, 1.82) is 0 Å². The van der Waals surface area contributed by atoms with E-state index in [1.54, 1.807) is 36.1 Å². The van der Waals surface area contributed by atoms with Gasteiger partial charge in [-0.3, -0.25) is 14.4 Å². The molecule has 3 rings (SSSR count). The summed E-state index contributed by atoms with van der Waals surface area (Å²) < 4.78 is 52.7. The maximum absolute atomic E-state index is 13.7. The number of carbonyl (C=O) groups is 3. The van der Waals surface area contributed by atoms with E-state index in [4.69, 9.17) is 0 Å². The molecule has 6 nitrogen and oxygen atoms in total. The minimum Gasteiger partial charge on any atom is -0.348 e. The maximum atomic E-state index is 13.7. The number of halogens is 4. The molecular weight excluding hydrogens is 490 g/mol. The van der Waals surface area contributed by atoms with Gasteiger partial charge in [-0.2, -0.15) is 13.2 Å². The third kappa shape index (κ3) is 6.47. The van der Waals surface area contributed by atoms with Gasteiger partial charge >= 0.3 is 6.18 Å². The van der Waals surface area contributed by atoms with Gasteiger partial charge in [-0.05, 0) is 83.4 Å². The topological polar surface area (TPSA) is 78.5 Å². The number of rotatable bonds is 8. The molecule has 0 spiro atoms. The second-order valence-corrected chi connectivity index (χ2v) is 9.98. The SMILES string of the molecule is CC(NC(=O)C1(NC(=O)c2cc(F)cc(C(F)(F)F)c2)CC1)c1ccc(C(=O)N(C(C)C)C(C)C)cc1. The minimum absolute atomic E-state index is 0.0303. The maximum Gasteiger partial charge on any atom is 0.416 e. The molecule has 0 radical (unpaired) electrons. The van der Waals surface area contributed by atoms with Gasteiger partial charge in [-0.15, -0.1) is 0 Å². The third-order valence-electron chi connectivity index (χ3n) is 6.38. The summed E-state index contributed by atoms with van der Waals surface area (Å²) in [7, 11) is 0. The Hall–Kier alpha value is -3.43. The van der Waals surface area contributed by atoms with Gasteiger partial charge in [-0.1, -0.05) is 12.1 Å². The number of benzene rings is 2. The van der Waals surface area contributed by atoms with Crippen LogP contribution in [0.5, 0.6) is 0 Å². The zero-order valence-corrected chi connectivity index (χ0v) is 21.4. The Balaban J connectivity index is 1.67. The first-order valence-corrected chi connectivity index (χ1v) is 12.1. The lowest BCUT2D eigenvalue weighted by molar-refractivity contribution is -0.137. The van der Waals surface area contributed by atoms with Crippen molar-refractivity contribution >= 4 is 17.7 Å². The first-order valence-electron chi connectivity index (χ1n) is 12.1. The van der Waals surface area contributed by atoms with Crippen LogP contribution in [0.25, 0.3) is 0 Å². The molecule has 1 aliphatic carbocycles. The number of carbonyl (C=O) groups excluding carboxylic acids is 3. The van der Waals surface area contributed by atoms with Crippen molar-refractivity contribution in [2.75, 3.05) is 0 Å². The van der Waals surface area contributed by atoms with Crippen LogP contribution in [0.4, 0.5) is 17.6 Å². The van der Waals surface area contributed by atoms with Crippen molar-refractivity contribution in [2.24, 2.45) is 0 Å². The van der Waals surface area contributed by atoms with Crippen LogP contribution in [0.3, 0.4) is 0 Å². The molecule has 1 fully saturated rings. The summed E-state index contributed by atoms with van der Waals surface area (Å²) >= 11 is 0. The van der Waals surface area contributed by atoms with Gasteiger partial charge in [0.2, 0.25) is 5.91 Å². The molecule has 2 aromatic rings. The Kier molecular flexibility index (Phi) is 8.00. The Labute approximate surface area is 213 Å². The number of alkyl halides is 3.